The second-order valence-corrected chi connectivity index (χ2v) is 5.46. The van der Waals surface area contributed by atoms with Gasteiger partial charge in [0.25, 0.3) is 0 Å². The number of aliphatic imine (C=N–C) groups is 1. The summed E-state index contributed by atoms with van der Waals surface area (Å²) < 4.78 is 5.77. The van der Waals surface area contributed by atoms with Crippen molar-refractivity contribution < 1.29 is 4.74 Å². The topological polar surface area (TPSA) is 76.9 Å². The van der Waals surface area contributed by atoms with Crippen molar-refractivity contribution >= 4 is 5.96 Å². The van der Waals surface area contributed by atoms with E-state index < -0.39 is 0 Å². The lowest BCUT2D eigenvalue weighted by Gasteiger charge is -2.35. The number of ether oxygens (including phenoxy) is 1. The number of rotatable bonds is 4. The number of guanidine groups is 1. The Kier molecular flexibility index (Phi) is 4.98. The average Bonchev–Trinajstić information content (AvgIpc) is 2.36. The quantitative estimate of drug-likeness (QED) is 0.637. The summed E-state index contributed by atoms with van der Waals surface area (Å²) in [5, 5.41) is 0. The van der Waals surface area contributed by atoms with Crippen LogP contribution in [0.4, 0.5) is 0 Å². The van der Waals surface area contributed by atoms with Crippen LogP contribution in [0.1, 0.15) is 25.0 Å². The molecule has 1 aromatic rings. The van der Waals surface area contributed by atoms with Gasteiger partial charge in [-0.15, -0.1) is 0 Å². The van der Waals surface area contributed by atoms with Crippen LogP contribution < -0.4 is 11.5 Å². The van der Waals surface area contributed by atoms with Crippen molar-refractivity contribution in [2.24, 2.45) is 16.5 Å². The molecule has 2 unspecified atom stereocenters. The fourth-order valence-corrected chi connectivity index (χ4v) is 2.70. The van der Waals surface area contributed by atoms with Crippen LogP contribution in [0.15, 0.2) is 29.3 Å². The first kappa shape index (κ1) is 14.8. The van der Waals surface area contributed by atoms with E-state index in [1.807, 2.05) is 6.07 Å². The lowest BCUT2D eigenvalue weighted by molar-refractivity contribution is -0.0705. The fourth-order valence-electron chi connectivity index (χ4n) is 2.70. The lowest BCUT2D eigenvalue weighted by Crippen LogP contribution is -2.44. The molecule has 0 radical (unpaired) electrons. The molecule has 1 fully saturated rings. The maximum Gasteiger partial charge on any atom is 0.186 e. The Balaban J connectivity index is 2.06. The van der Waals surface area contributed by atoms with E-state index in [1.165, 1.54) is 11.1 Å². The first-order valence-corrected chi connectivity index (χ1v) is 7.04. The highest BCUT2D eigenvalue weighted by Gasteiger charge is 2.22. The Bertz CT molecular complexity index is 461. The molecular formula is C15H24N4O. The van der Waals surface area contributed by atoms with Crippen LogP contribution >= 0.6 is 0 Å². The predicted octanol–water partition coefficient (Wildman–Crippen LogP) is 1.07. The van der Waals surface area contributed by atoms with Gasteiger partial charge in [0, 0.05) is 19.6 Å². The largest absolute Gasteiger partial charge is 0.373 e. The smallest absolute Gasteiger partial charge is 0.186 e. The summed E-state index contributed by atoms with van der Waals surface area (Å²) in [6, 6.07) is 8.30. The number of benzene rings is 1. The van der Waals surface area contributed by atoms with Gasteiger partial charge in [0.1, 0.15) is 0 Å². The van der Waals surface area contributed by atoms with Crippen molar-refractivity contribution in [1.29, 1.82) is 0 Å². The highest BCUT2D eigenvalue weighted by atomic mass is 16.5. The van der Waals surface area contributed by atoms with E-state index in [-0.39, 0.29) is 18.2 Å². The van der Waals surface area contributed by atoms with Crippen LogP contribution in [-0.4, -0.2) is 36.2 Å². The minimum Gasteiger partial charge on any atom is -0.373 e. The SMILES string of the molecule is CC1CN(Cc2ccccc2CN=C(N)N)CC(C)O1. The molecule has 0 bridgehead atoms. The minimum atomic E-state index is 0.133. The number of hydrogen-bond acceptors (Lipinski definition) is 3. The molecule has 5 heteroatoms. The molecule has 0 saturated carbocycles. The average molecular weight is 276 g/mol. The van der Waals surface area contributed by atoms with Crippen LogP contribution in [0.3, 0.4) is 0 Å². The Hall–Kier alpha value is -1.59. The second kappa shape index (κ2) is 6.72. The Morgan fingerprint density at radius 3 is 2.40 bits per heavy atom. The zero-order valence-corrected chi connectivity index (χ0v) is 12.2. The summed E-state index contributed by atoms with van der Waals surface area (Å²) in [6.45, 7) is 7.60. The minimum absolute atomic E-state index is 0.133. The van der Waals surface area contributed by atoms with Crippen LogP contribution in [0.2, 0.25) is 0 Å². The molecule has 1 saturated heterocycles. The summed E-state index contributed by atoms with van der Waals surface area (Å²) in [6.07, 6.45) is 0.562. The van der Waals surface area contributed by atoms with Crippen molar-refractivity contribution in [2.75, 3.05) is 13.1 Å². The van der Waals surface area contributed by atoms with E-state index in [0.29, 0.717) is 6.54 Å². The van der Waals surface area contributed by atoms with Gasteiger partial charge in [-0.05, 0) is 25.0 Å². The number of morpholine rings is 1. The van der Waals surface area contributed by atoms with Gasteiger partial charge in [0.05, 0.1) is 18.8 Å². The molecule has 1 heterocycles. The van der Waals surface area contributed by atoms with Crippen molar-refractivity contribution in [2.45, 2.75) is 39.1 Å². The first-order valence-electron chi connectivity index (χ1n) is 7.04. The summed E-state index contributed by atoms with van der Waals surface area (Å²) in [5.74, 6) is 0.133. The van der Waals surface area contributed by atoms with Crippen LogP contribution in [0.5, 0.6) is 0 Å². The molecule has 0 aromatic heterocycles. The molecule has 1 aliphatic heterocycles. The zero-order valence-electron chi connectivity index (χ0n) is 12.2. The van der Waals surface area contributed by atoms with E-state index >= 15 is 0 Å². The second-order valence-electron chi connectivity index (χ2n) is 5.46. The number of nitrogens with zero attached hydrogens (tertiary/aromatic N) is 2. The maximum absolute atomic E-state index is 5.77. The molecule has 2 rings (SSSR count). The first-order chi connectivity index (χ1) is 9.54. The van der Waals surface area contributed by atoms with Crippen molar-refractivity contribution in [3.8, 4) is 0 Å². The van der Waals surface area contributed by atoms with E-state index in [2.05, 4.69) is 41.9 Å². The van der Waals surface area contributed by atoms with Gasteiger partial charge in [0.15, 0.2) is 5.96 Å². The molecule has 2 atom stereocenters. The standard InChI is InChI=1S/C15H24N4O/c1-11-8-19(9-12(2)20-11)10-14-6-4-3-5-13(14)7-18-15(16)17/h3-6,11-12H,7-10H2,1-2H3,(H4,16,17,18). The highest BCUT2D eigenvalue weighted by molar-refractivity contribution is 5.75. The molecule has 1 aliphatic rings. The monoisotopic (exact) mass is 276 g/mol. The zero-order chi connectivity index (χ0) is 14.5. The predicted molar refractivity (Wildman–Crippen MR) is 81.2 cm³/mol. The van der Waals surface area contributed by atoms with Crippen LogP contribution in [-0.2, 0) is 17.8 Å². The van der Waals surface area contributed by atoms with Gasteiger partial charge >= 0.3 is 0 Å². The Labute approximate surface area is 120 Å². The molecule has 20 heavy (non-hydrogen) atoms. The van der Waals surface area contributed by atoms with Gasteiger partial charge in [-0.25, -0.2) is 4.99 Å². The maximum atomic E-state index is 5.77. The van der Waals surface area contributed by atoms with Crippen molar-refractivity contribution in [3.63, 3.8) is 0 Å². The number of hydrogen-bond donors (Lipinski definition) is 2. The van der Waals surface area contributed by atoms with E-state index in [9.17, 15) is 0 Å². The molecule has 0 aliphatic carbocycles. The molecule has 110 valence electrons. The van der Waals surface area contributed by atoms with E-state index in [0.717, 1.165) is 19.6 Å². The van der Waals surface area contributed by atoms with E-state index in [4.69, 9.17) is 16.2 Å². The summed E-state index contributed by atoms with van der Waals surface area (Å²) in [7, 11) is 0. The van der Waals surface area contributed by atoms with Gasteiger partial charge in [-0.2, -0.15) is 0 Å². The van der Waals surface area contributed by atoms with Crippen molar-refractivity contribution in [3.05, 3.63) is 35.4 Å². The van der Waals surface area contributed by atoms with Gasteiger partial charge in [0.2, 0.25) is 0 Å². The molecule has 0 spiro atoms. The van der Waals surface area contributed by atoms with E-state index in [1.54, 1.807) is 0 Å². The lowest BCUT2D eigenvalue weighted by atomic mass is 10.1. The Morgan fingerprint density at radius 1 is 1.20 bits per heavy atom. The third-order valence-corrected chi connectivity index (χ3v) is 3.44. The number of nitrogens with two attached hydrogens (primary N) is 2. The third kappa shape index (κ3) is 4.21. The van der Waals surface area contributed by atoms with Crippen molar-refractivity contribution in [1.82, 2.24) is 4.90 Å². The van der Waals surface area contributed by atoms with Crippen LogP contribution in [0.25, 0.3) is 0 Å². The van der Waals surface area contributed by atoms with Gasteiger partial charge < -0.3 is 16.2 Å². The molecule has 0 amide bonds. The third-order valence-electron chi connectivity index (χ3n) is 3.44. The summed E-state index contributed by atoms with van der Waals surface area (Å²) in [4.78, 5) is 6.53. The summed E-state index contributed by atoms with van der Waals surface area (Å²) >= 11 is 0. The molecule has 4 N–H and O–H groups in total. The summed E-state index contributed by atoms with van der Waals surface area (Å²) in [5.41, 5.74) is 13.3. The normalized spacial score (nSPS) is 23.5. The molecule has 5 nitrogen and oxygen atoms in total. The van der Waals surface area contributed by atoms with Gasteiger partial charge in [-0.3, -0.25) is 4.90 Å². The molecular weight excluding hydrogens is 252 g/mol. The Morgan fingerprint density at radius 2 is 1.80 bits per heavy atom. The molecule has 1 aromatic carbocycles. The fraction of sp³-hybridized carbons (Fsp3) is 0.533. The highest BCUT2D eigenvalue weighted by Crippen LogP contribution is 2.17. The van der Waals surface area contributed by atoms with Crippen LogP contribution in [0, 0.1) is 0 Å². The van der Waals surface area contributed by atoms with Gasteiger partial charge in [-0.1, -0.05) is 24.3 Å².